The van der Waals surface area contributed by atoms with Crippen molar-refractivity contribution >= 4 is 27.6 Å². The Labute approximate surface area is 193 Å². The molecule has 2 aromatic rings. The van der Waals surface area contributed by atoms with E-state index in [-0.39, 0.29) is 23.3 Å². The normalized spacial score (nSPS) is 15.0. The zero-order valence-corrected chi connectivity index (χ0v) is 19.7. The van der Waals surface area contributed by atoms with Crippen molar-refractivity contribution in [3.05, 3.63) is 59.2 Å². The molecule has 33 heavy (non-hydrogen) atoms. The lowest BCUT2D eigenvalue weighted by atomic mass is 10.1. The van der Waals surface area contributed by atoms with Gasteiger partial charge >= 0.3 is 5.97 Å². The molecule has 9 heteroatoms. The smallest absolute Gasteiger partial charge is 0.328 e. The molecule has 1 aliphatic carbocycles. The number of esters is 1. The third-order valence-corrected chi connectivity index (χ3v) is 8.50. The van der Waals surface area contributed by atoms with Crippen LogP contribution in [0.3, 0.4) is 0 Å². The second-order valence-electron chi connectivity index (χ2n) is 8.13. The van der Waals surface area contributed by atoms with E-state index >= 15 is 0 Å². The van der Waals surface area contributed by atoms with Crippen LogP contribution in [0.5, 0.6) is 5.75 Å². The fourth-order valence-corrected chi connectivity index (χ4v) is 6.01. The molecule has 8 nitrogen and oxygen atoms in total. The summed E-state index contributed by atoms with van der Waals surface area (Å²) in [6.45, 7) is 2.92. The van der Waals surface area contributed by atoms with E-state index in [2.05, 4.69) is 5.32 Å². The van der Waals surface area contributed by atoms with Gasteiger partial charge < -0.3 is 9.47 Å². The number of nitrogens with one attached hydrogen (secondary N) is 1. The maximum atomic E-state index is 13.5. The van der Waals surface area contributed by atoms with E-state index in [1.165, 1.54) is 25.3 Å². The number of rotatable bonds is 7. The minimum atomic E-state index is -4.04. The molecule has 0 spiro atoms. The van der Waals surface area contributed by atoms with Crippen LogP contribution in [-0.4, -0.2) is 44.7 Å². The first-order chi connectivity index (χ1) is 15.6. The van der Waals surface area contributed by atoms with Crippen LogP contribution in [0, 0.1) is 13.8 Å². The topological polar surface area (TPSA) is 116 Å². The highest BCUT2D eigenvalue weighted by Crippen LogP contribution is 2.41. The molecule has 0 radical (unpaired) electrons. The van der Waals surface area contributed by atoms with Crippen molar-refractivity contribution < 1.29 is 32.3 Å². The fourth-order valence-electron chi connectivity index (χ4n) is 3.88. The summed E-state index contributed by atoms with van der Waals surface area (Å²) in [5.41, 5.74) is 1.96. The van der Waals surface area contributed by atoms with Crippen molar-refractivity contribution in [3.8, 4) is 5.75 Å². The summed E-state index contributed by atoms with van der Waals surface area (Å²) in [5, 5.41) is 2.13. The van der Waals surface area contributed by atoms with Gasteiger partial charge in [-0.2, -0.15) is 0 Å². The van der Waals surface area contributed by atoms with Gasteiger partial charge in [0.05, 0.1) is 12.0 Å². The average Bonchev–Trinajstić information content (AvgIpc) is 3.31. The molecular weight excluding hydrogens is 446 g/mol. The number of methoxy groups -OCH3 is 1. The Morgan fingerprint density at radius 2 is 1.61 bits per heavy atom. The predicted molar refractivity (Wildman–Crippen MR) is 121 cm³/mol. The minimum absolute atomic E-state index is 0.0589. The largest absolute Gasteiger partial charge is 0.497 e. The van der Waals surface area contributed by atoms with Crippen molar-refractivity contribution in [1.29, 1.82) is 0 Å². The highest BCUT2D eigenvalue weighted by atomic mass is 32.2. The van der Waals surface area contributed by atoms with Gasteiger partial charge in [-0.25, -0.2) is 8.42 Å². The molecule has 0 aromatic heterocycles. The Morgan fingerprint density at radius 1 is 0.970 bits per heavy atom. The number of carbonyl (C=O) groups excluding carboxylic acids is 3. The second-order valence-corrected chi connectivity index (χ2v) is 10.4. The maximum Gasteiger partial charge on any atom is 0.328 e. The van der Waals surface area contributed by atoms with E-state index in [1.807, 2.05) is 6.92 Å². The molecule has 1 saturated carbocycles. The molecule has 0 heterocycles. The molecule has 1 N–H and O–H groups in total. The monoisotopic (exact) mass is 473 g/mol. The summed E-state index contributed by atoms with van der Waals surface area (Å²) in [7, 11) is -2.55. The summed E-state index contributed by atoms with van der Waals surface area (Å²) >= 11 is 0. The lowest BCUT2D eigenvalue weighted by molar-refractivity contribution is -0.150. The predicted octanol–water partition coefficient (Wildman–Crippen LogP) is 2.90. The Balaban J connectivity index is 1.70. The lowest BCUT2D eigenvalue weighted by Crippen LogP contribution is -2.46. The first-order valence-electron chi connectivity index (χ1n) is 10.6. The zero-order chi connectivity index (χ0) is 24.2. The van der Waals surface area contributed by atoms with Gasteiger partial charge in [0.25, 0.3) is 11.8 Å². The van der Waals surface area contributed by atoms with Gasteiger partial charge in [0.2, 0.25) is 0 Å². The van der Waals surface area contributed by atoms with E-state index in [4.69, 9.17) is 9.47 Å². The van der Waals surface area contributed by atoms with E-state index in [0.717, 1.165) is 11.1 Å². The van der Waals surface area contributed by atoms with Crippen LogP contribution in [0.1, 0.15) is 47.2 Å². The molecule has 1 fully saturated rings. The number of amides is 2. The van der Waals surface area contributed by atoms with Crippen LogP contribution in [-0.2, 0) is 24.2 Å². The molecule has 0 aliphatic heterocycles. The highest BCUT2D eigenvalue weighted by Gasteiger charge is 2.54. The number of sulfone groups is 1. The second kappa shape index (κ2) is 9.74. The number of hydrogen-bond acceptors (Lipinski definition) is 7. The molecule has 0 atom stereocenters. The number of aryl methyl sites for hydroxylation is 2. The SMILES string of the molecule is COc1ccc(C(=O)NC(=O)COC(=O)C2(S(=O)(=O)c3ccc(C)c(C)c3)CCCC2)cc1. The summed E-state index contributed by atoms with van der Waals surface area (Å²) in [5.74, 6) is -1.93. The summed E-state index contributed by atoms with van der Waals surface area (Å²) in [6.07, 6.45) is 1.35. The zero-order valence-electron chi connectivity index (χ0n) is 18.8. The Morgan fingerprint density at radius 3 is 2.18 bits per heavy atom. The minimum Gasteiger partial charge on any atom is -0.497 e. The van der Waals surface area contributed by atoms with Crippen LogP contribution in [0.15, 0.2) is 47.4 Å². The Bertz CT molecular complexity index is 1160. The molecule has 2 amide bonds. The lowest BCUT2D eigenvalue weighted by Gasteiger charge is -2.26. The molecule has 2 aromatic carbocycles. The Kier molecular flexibility index (Phi) is 7.22. The summed E-state index contributed by atoms with van der Waals surface area (Å²) in [4.78, 5) is 37.5. The van der Waals surface area contributed by atoms with Gasteiger partial charge in [-0.15, -0.1) is 0 Å². The van der Waals surface area contributed by atoms with Crippen molar-refractivity contribution in [2.75, 3.05) is 13.7 Å². The number of benzene rings is 2. The fraction of sp³-hybridized carbons (Fsp3) is 0.375. The van der Waals surface area contributed by atoms with Crippen molar-refractivity contribution in [2.45, 2.75) is 49.2 Å². The number of carbonyl (C=O) groups is 3. The summed E-state index contributed by atoms with van der Waals surface area (Å²) in [6, 6.07) is 10.9. The van der Waals surface area contributed by atoms with Crippen LogP contribution >= 0.6 is 0 Å². The average molecular weight is 474 g/mol. The van der Waals surface area contributed by atoms with E-state index in [0.29, 0.717) is 18.6 Å². The number of imide groups is 1. The van der Waals surface area contributed by atoms with Crippen molar-refractivity contribution in [2.24, 2.45) is 0 Å². The highest BCUT2D eigenvalue weighted by molar-refractivity contribution is 7.93. The third kappa shape index (κ3) is 4.93. The van der Waals surface area contributed by atoms with Crippen LogP contribution in [0.2, 0.25) is 0 Å². The molecule has 1 aliphatic rings. The quantitative estimate of drug-likeness (QED) is 0.615. The van der Waals surface area contributed by atoms with Crippen LogP contribution in [0.4, 0.5) is 0 Å². The standard InChI is InChI=1S/C24H27NO7S/c1-16-6-11-20(14-17(16)2)33(29,30)24(12-4-5-13-24)23(28)32-15-21(26)25-22(27)18-7-9-19(31-3)10-8-18/h6-11,14H,4-5,12-13,15H2,1-3H3,(H,25,26,27). The van der Waals surface area contributed by atoms with Crippen molar-refractivity contribution in [3.63, 3.8) is 0 Å². The summed E-state index contributed by atoms with van der Waals surface area (Å²) < 4.78 is 35.3. The maximum absolute atomic E-state index is 13.5. The van der Waals surface area contributed by atoms with Gasteiger partial charge in [-0.3, -0.25) is 19.7 Å². The van der Waals surface area contributed by atoms with Gasteiger partial charge in [0.15, 0.2) is 21.2 Å². The number of ether oxygens (including phenoxy) is 2. The molecule has 0 saturated heterocycles. The first-order valence-corrected chi connectivity index (χ1v) is 12.1. The van der Waals surface area contributed by atoms with Crippen LogP contribution in [0.25, 0.3) is 0 Å². The van der Waals surface area contributed by atoms with Gasteiger partial charge in [0, 0.05) is 5.56 Å². The van der Waals surface area contributed by atoms with E-state index in [1.54, 1.807) is 31.2 Å². The molecular formula is C24H27NO7S. The van der Waals surface area contributed by atoms with E-state index < -0.39 is 39.0 Å². The molecule has 176 valence electrons. The van der Waals surface area contributed by atoms with Crippen molar-refractivity contribution in [1.82, 2.24) is 5.32 Å². The third-order valence-electron chi connectivity index (χ3n) is 6.03. The number of hydrogen-bond donors (Lipinski definition) is 1. The Hall–Kier alpha value is -3.20. The first kappa shape index (κ1) is 24.4. The van der Waals surface area contributed by atoms with Gasteiger partial charge in [-0.05, 0) is 74.2 Å². The molecule has 3 rings (SSSR count). The molecule has 0 unspecified atom stereocenters. The molecule has 0 bridgehead atoms. The van der Waals surface area contributed by atoms with E-state index in [9.17, 15) is 22.8 Å². The van der Waals surface area contributed by atoms with Crippen LogP contribution < -0.4 is 10.1 Å². The van der Waals surface area contributed by atoms with Gasteiger partial charge in [-0.1, -0.05) is 18.9 Å². The van der Waals surface area contributed by atoms with Gasteiger partial charge in [0.1, 0.15) is 5.75 Å².